The maximum atomic E-state index is 12.0. The lowest BCUT2D eigenvalue weighted by Gasteiger charge is -2.32. The first-order valence-corrected chi connectivity index (χ1v) is 9.08. The lowest BCUT2D eigenvalue weighted by molar-refractivity contribution is -0.129. The van der Waals surface area contributed by atoms with E-state index in [1.807, 2.05) is 43.1 Å². The van der Waals surface area contributed by atoms with Crippen LogP contribution in [0, 0.1) is 6.92 Å². The molecule has 1 fully saturated rings. The maximum Gasteiger partial charge on any atom is 0.241 e. The van der Waals surface area contributed by atoms with E-state index in [9.17, 15) is 4.79 Å². The van der Waals surface area contributed by atoms with Crippen molar-refractivity contribution in [3.05, 3.63) is 48.0 Å². The molecular formula is C20H23N5O2. The van der Waals surface area contributed by atoms with Gasteiger partial charge in [-0.05, 0) is 19.9 Å². The highest BCUT2D eigenvalue weighted by Gasteiger charge is 2.23. The Labute approximate surface area is 158 Å². The smallest absolute Gasteiger partial charge is 0.241 e. The quantitative estimate of drug-likeness (QED) is 0.766. The molecule has 0 unspecified atom stereocenters. The van der Waals surface area contributed by atoms with E-state index < -0.39 is 0 Å². The van der Waals surface area contributed by atoms with Crippen molar-refractivity contribution in [2.24, 2.45) is 0 Å². The first kappa shape index (κ1) is 17.3. The van der Waals surface area contributed by atoms with Crippen molar-refractivity contribution in [1.29, 1.82) is 0 Å². The summed E-state index contributed by atoms with van der Waals surface area (Å²) in [5.41, 5.74) is 2.02. The molecule has 2 aromatic heterocycles. The second kappa shape index (κ2) is 6.90. The number of fused-ring (bicyclic) bond motifs is 1. The highest BCUT2D eigenvalue weighted by Crippen LogP contribution is 2.31. The van der Waals surface area contributed by atoms with Gasteiger partial charge >= 0.3 is 0 Å². The summed E-state index contributed by atoms with van der Waals surface area (Å²) in [6, 6.07) is 9.87. The first-order chi connectivity index (χ1) is 13.0. The third-order valence-corrected chi connectivity index (χ3v) is 5.07. The van der Waals surface area contributed by atoms with Crippen molar-refractivity contribution < 1.29 is 9.21 Å². The van der Waals surface area contributed by atoms with Gasteiger partial charge in [-0.3, -0.25) is 4.79 Å². The monoisotopic (exact) mass is 365 g/mol. The number of rotatable bonds is 4. The third-order valence-electron chi connectivity index (χ3n) is 5.07. The summed E-state index contributed by atoms with van der Waals surface area (Å²) >= 11 is 0. The number of piperazine rings is 1. The van der Waals surface area contributed by atoms with Crippen LogP contribution in [0.4, 0.5) is 11.6 Å². The van der Waals surface area contributed by atoms with Crippen molar-refractivity contribution in [3.63, 3.8) is 0 Å². The number of amides is 1. The molecule has 0 bridgehead atoms. The summed E-state index contributed by atoms with van der Waals surface area (Å²) in [6.45, 7) is 5.91. The predicted octanol–water partition coefficient (Wildman–Crippen LogP) is 2.98. The van der Waals surface area contributed by atoms with Crippen LogP contribution in [-0.4, -0.2) is 47.5 Å². The fourth-order valence-electron chi connectivity index (χ4n) is 3.45. The van der Waals surface area contributed by atoms with Gasteiger partial charge in [-0.1, -0.05) is 18.2 Å². The number of aryl methyl sites for hydroxylation is 1. The Morgan fingerprint density at radius 2 is 2.04 bits per heavy atom. The zero-order valence-corrected chi connectivity index (χ0v) is 15.8. The Morgan fingerprint density at radius 3 is 2.81 bits per heavy atom. The molecule has 7 heteroatoms. The molecule has 1 atom stereocenters. The zero-order valence-electron chi connectivity index (χ0n) is 15.8. The van der Waals surface area contributed by atoms with E-state index in [0.29, 0.717) is 18.9 Å². The van der Waals surface area contributed by atoms with Crippen LogP contribution in [-0.2, 0) is 4.79 Å². The number of para-hydroxylation sites is 1. The molecule has 7 nitrogen and oxygen atoms in total. The average Bonchev–Trinajstić information content (AvgIpc) is 3.01. The van der Waals surface area contributed by atoms with Crippen LogP contribution < -0.4 is 10.2 Å². The Balaban J connectivity index is 1.54. The first-order valence-electron chi connectivity index (χ1n) is 9.08. The van der Waals surface area contributed by atoms with Gasteiger partial charge in [-0.25, -0.2) is 9.97 Å². The number of carbonyl (C=O) groups excluding carboxylic acids is 1. The summed E-state index contributed by atoms with van der Waals surface area (Å²) in [4.78, 5) is 24.3. The molecule has 0 saturated carbocycles. The molecule has 1 aromatic carbocycles. The Kier molecular flexibility index (Phi) is 4.43. The summed E-state index contributed by atoms with van der Waals surface area (Å²) in [5.74, 6) is 2.45. The SMILES string of the molecule is Cc1c([C@@H](C)Nc2cc(N3CCN(C)C(=O)C3)ncn2)oc2ccccc12. The average molecular weight is 365 g/mol. The standard InChI is InChI=1S/C20H23N5O2/c1-13-15-6-4-5-7-16(15)27-20(13)14(2)23-17-10-18(22-12-21-17)25-9-8-24(3)19(26)11-25/h4-7,10,12,14H,8-9,11H2,1-3H3,(H,21,22,23)/t14-/m1/s1. The van der Waals surface area contributed by atoms with E-state index in [1.165, 1.54) is 6.33 Å². The molecule has 3 heterocycles. The van der Waals surface area contributed by atoms with Gasteiger partial charge in [0.15, 0.2) is 0 Å². The molecule has 0 radical (unpaired) electrons. The zero-order chi connectivity index (χ0) is 19.0. The maximum absolute atomic E-state index is 12.0. The number of hydrogen-bond donors (Lipinski definition) is 1. The normalized spacial score (nSPS) is 16.0. The molecule has 1 aliphatic rings. The van der Waals surface area contributed by atoms with Gasteiger partial charge in [0, 0.05) is 37.2 Å². The molecule has 27 heavy (non-hydrogen) atoms. The largest absolute Gasteiger partial charge is 0.459 e. The van der Waals surface area contributed by atoms with E-state index in [2.05, 4.69) is 28.3 Å². The molecule has 1 aliphatic heterocycles. The van der Waals surface area contributed by atoms with Crippen LogP contribution >= 0.6 is 0 Å². The van der Waals surface area contributed by atoms with Crippen molar-refractivity contribution >= 4 is 28.5 Å². The summed E-state index contributed by atoms with van der Waals surface area (Å²) < 4.78 is 6.04. The van der Waals surface area contributed by atoms with Gasteiger partial charge in [0.1, 0.15) is 29.3 Å². The van der Waals surface area contributed by atoms with Gasteiger partial charge in [0.05, 0.1) is 12.6 Å². The minimum absolute atomic E-state index is 0.0470. The second-order valence-corrected chi connectivity index (χ2v) is 6.95. The van der Waals surface area contributed by atoms with Gasteiger partial charge < -0.3 is 19.5 Å². The number of anilines is 2. The number of hydrogen-bond acceptors (Lipinski definition) is 6. The van der Waals surface area contributed by atoms with Gasteiger partial charge in [-0.2, -0.15) is 0 Å². The number of carbonyl (C=O) groups is 1. The molecule has 1 saturated heterocycles. The van der Waals surface area contributed by atoms with Gasteiger partial charge in [0.25, 0.3) is 0 Å². The van der Waals surface area contributed by atoms with Crippen molar-refractivity contribution in [2.75, 3.05) is 36.9 Å². The van der Waals surface area contributed by atoms with Crippen molar-refractivity contribution in [3.8, 4) is 0 Å². The van der Waals surface area contributed by atoms with Crippen molar-refractivity contribution in [2.45, 2.75) is 19.9 Å². The third kappa shape index (κ3) is 3.32. The Bertz CT molecular complexity index is 983. The predicted molar refractivity (Wildman–Crippen MR) is 105 cm³/mol. The van der Waals surface area contributed by atoms with Gasteiger partial charge in [-0.15, -0.1) is 0 Å². The number of aromatic nitrogens is 2. The van der Waals surface area contributed by atoms with Crippen molar-refractivity contribution in [1.82, 2.24) is 14.9 Å². The van der Waals surface area contributed by atoms with Crippen LogP contribution in [0.3, 0.4) is 0 Å². The van der Waals surface area contributed by atoms with Crippen LogP contribution in [0.5, 0.6) is 0 Å². The van der Waals surface area contributed by atoms with Crippen LogP contribution in [0.15, 0.2) is 41.1 Å². The molecule has 1 N–H and O–H groups in total. The summed E-state index contributed by atoms with van der Waals surface area (Å²) in [7, 11) is 1.82. The lowest BCUT2D eigenvalue weighted by atomic mass is 10.1. The van der Waals surface area contributed by atoms with Crippen LogP contribution in [0.1, 0.15) is 24.3 Å². The molecule has 0 aliphatic carbocycles. The fourth-order valence-corrected chi connectivity index (χ4v) is 3.45. The molecule has 4 rings (SSSR count). The highest BCUT2D eigenvalue weighted by molar-refractivity contribution is 5.83. The van der Waals surface area contributed by atoms with E-state index in [0.717, 1.165) is 34.7 Å². The minimum Gasteiger partial charge on any atom is -0.459 e. The van der Waals surface area contributed by atoms with Gasteiger partial charge in [0.2, 0.25) is 5.91 Å². The Hall–Kier alpha value is -3.09. The Morgan fingerprint density at radius 1 is 1.22 bits per heavy atom. The summed E-state index contributed by atoms with van der Waals surface area (Å²) in [5, 5.41) is 4.52. The molecule has 1 amide bonds. The number of nitrogens with zero attached hydrogens (tertiary/aromatic N) is 4. The molecule has 3 aromatic rings. The lowest BCUT2D eigenvalue weighted by Crippen LogP contribution is -2.48. The second-order valence-electron chi connectivity index (χ2n) is 6.95. The minimum atomic E-state index is -0.0470. The number of nitrogens with one attached hydrogen (secondary N) is 1. The number of furan rings is 1. The molecule has 140 valence electrons. The number of benzene rings is 1. The molecule has 0 spiro atoms. The van der Waals surface area contributed by atoms with E-state index in [-0.39, 0.29) is 11.9 Å². The van der Waals surface area contributed by atoms with Crippen LogP contribution in [0.25, 0.3) is 11.0 Å². The summed E-state index contributed by atoms with van der Waals surface area (Å²) in [6.07, 6.45) is 1.53. The van der Waals surface area contributed by atoms with E-state index >= 15 is 0 Å². The van der Waals surface area contributed by atoms with Crippen LogP contribution in [0.2, 0.25) is 0 Å². The molecular weight excluding hydrogens is 342 g/mol. The van der Waals surface area contributed by atoms with E-state index in [4.69, 9.17) is 4.42 Å². The number of likely N-dealkylation sites (N-methyl/N-ethyl adjacent to an activating group) is 1. The fraction of sp³-hybridized carbons (Fsp3) is 0.350. The topological polar surface area (TPSA) is 74.5 Å². The van der Waals surface area contributed by atoms with E-state index in [1.54, 1.807) is 4.90 Å². The highest BCUT2D eigenvalue weighted by atomic mass is 16.3.